The molecule has 0 N–H and O–H groups in total. The van der Waals surface area contributed by atoms with Crippen molar-refractivity contribution in [1.29, 1.82) is 0 Å². The van der Waals surface area contributed by atoms with Crippen LogP contribution in [-0.4, -0.2) is 20.2 Å². The maximum atomic E-state index is 11.7. The van der Waals surface area contributed by atoms with Crippen molar-refractivity contribution < 1.29 is 14.3 Å². The van der Waals surface area contributed by atoms with Gasteiger partial charge in [0.05, 0.1) is 20.5 Å². The number of halogens is 1. The molecule has 0 amide bonds. The van der Waals surface area contributed by atoms with E-state index in [1.165, 1.54) is 20.5 Å². The van der Waals surface area contributed by atoms with Gasteiger partial charge in [0, 0.05) is 5.33 Å². The zero-order valence-corrected chi connectivity index (χ0v) is 11.7. The van der Waals surface area contributed by atoms with E-state index in [9.17, 15) is 4.79 Å². The second-order valence-electron chi connectivity index (χ2n) is 3.54. The van der Waals surface area contributed by atoms with Gasteiger partial charge in [0.1, 0.15) is 5.57 Å². The van der Waals surface area contributed by atoms with E-state index >= 15 is 0 Å². The average Bonchev–Trinajstić information content (AvgIpc) is 2.36. The summed E-state index contributed by atoms with van der Waals surface area (Å²) in [5.74, 6) is -0.401. The van der Waals surface area contributed by atoms with Crippen LogP contribution in [0.4, 0.5) is 0 Å². The van der Waals surface area contributed by atoms with Crippen molar-refractivity contribution in [3.05, 3.63) is 41.2 Å². The van der Waals surface area contributed by atoms with Gasteiger partial charge in [0.25, 0.3) is 0 Å². The molecular weight excluding hydrogens is 284 g/mol. The van der Waals surface area contributed by atoms with Gasteiger partial charge in [-0.3, -0.25) is 0 Å². The predicted octanol–water partition coefficient (Wildman–Crippen LogP) is 3.05. The van der Waals surface area contributed by atoms with E-state index in [-0.39, 0.29) is 0 Å². The molecule has 4 heteroatoms. The van der Waals surface area contributed by atoms with Crippen molar-refractivity contribution in [2.75, 3.05) is 14.2 Å². The summed E-state index contributed by atoms with van der Waals surface area (Å²) in [6.45, 7) is 1.94. The summed E-state index contributed by atoms with van der Waals surface area (Å²) < 4.78 is 9.68. The highest BCUT2D eigenvalue weighted by Crippen LogP contribution is 2.22. The lowest BCUT2D eigenvalue weighted by molar-refractivity contribution is -0.133. The van der Waals surface area contributed by atoms with Crippen LogP contribution in [0.3, 0.4) is 0 Å². The van der Waals surface area contributed by atoms with Crippen LogP contribution < -0.4 is 0 Å². The van der Waals surface area contributed by atoms with E-state index in [0.29, 0.717) is 5.57 Å². The lowest BCUT2D eigenvalue weighted by Crippen LogP contribution is -2.06. The molecule has 0 unspecified atom stereocenters. The molecule has 1 aromatic carbocycles. The molecule has 0 radical (unpaired) electrons. The molecule has 17 heavy (non-hydrogen) atoms. The van der Waals surface area contributed by atoms with E-state index in [2.05, 4.69) is 15.9 Å². The molecule has 0 aliphatic heterocycles. The fraction of sp³-hybridized carbons (Fsp3) is 0.308. The third-order valence-corrected chi connectivity index (χ3v) is 3.03. The van der Waals surface area contributed by atoms with Gasteiger partial charge in [0.2, 0.25) is 0 Å². The predicted molar refractivity (Wildman–Crippen MR) is 70.8 cm³/mol. The van der Waals surface area contributed by atoms with Crippen LogP contribution in [0.15, 0.2) is 24.5 Å². The third kappa shape index (κ3) is 3.33. The van der Waals surface area contributed by atoms with E-state index < -0.39 is 5.97 Å². The summed E-state index contributed by atoms with van der Waals surface area (Å²) >= 11 is 3.39. The molecule has 0 aliphatic rings. The van der Waals surface area contributed by atoms with Crippen LogP contribution in [0.5, 0.6) is 0 Å². The Kier molecular flexibility index (Phi) is 5.22. The van der Waals surface area contributed by atoms with Gasteiger partial charge in [-0.15, -0.1) is 0 Å². The van der Waals surface area contributed by atoms with E-state index in [1.807, 2.05) is 25.1 Å². The first kappa shape index (κ1) is 13.8. The average molecular weight is 299 g/mol. The third-order valence-electron chi connectivity index (χ3n) is 2.39. The highest BCUT2D eigenvalue weighted by atomic mass is 79.9. The number of rotatable bonds is 4. The molecule has 0 aliphatic carbocycles. The molecule has 0 aromatic heterocycles. The van der Waals surface area contributed by atoms with Gasteiger partial charge in [0.15, 0.2) is 0 Å². The lowest BCUT2D eigenvalue weighted by Gasteiger charge is -2.10. The summed E-state index contributed by atoms with van der Waals surface area (Å²) in [4.78, 5) is 11.7. The Hall–Kier alpha value is -1.29. The highest BCUT2D eigenvalue weighted by molar-refractivity contribution is 9.08. The van der Waals surface area contributed by atoms with E-state index in [0.717, 1.165) is 22.0 Å². The van der Waals surface area contributed by atoms with Crippen molar-refractivity contribution in [2.45, 2.75) is 12.3 Å². The summed E-state index contributed by atoms with van der Waals surface area (Å²) in [6, 6.07) is 5.93. The monoisotopic (exact) mass is 298 g/mol. The fourth-order valence-electron chi connectivity index (χ4n) is 1.49. The highest BCUT2D eigenvalue weighted by Gasteiger charge is 2.15. The smallest absolute Gasteiger partial charge is 0.341 e. The fourth-order valence-corrected chi connectivity index (χ4v) is 1.84. The number of hydrogen-bond donors (Lipinski definition) is 0. The second-order valence-corrected chi connectivity index (χ2v) is 4.10. The molecule has 0 atom stereocenters. The van der Waals surface area contributed by atoms with Gasteiger partial charge < -0.3 is 9.47 Å². The quantitative estimate of drug-likeness (QED) is 0.371. The Labute approximate surface area is 110 Å². The largest absolute Gasteiger partial charge is 0.503 e. The molecule has 3 nitrogen and oxygen atoms in total. The summed E-state index contributed by atoms with van der Waals surface area (Å²) in [5.41, 5.74) is 3.35. The van der Waals surface area contributed by atoms with Crippen LogP contribution in [0.2, 0.25) is 0 Å². The number of esters is 1. The van der Waals surface area contributed by atoms with Gasteiger partial charge in [-0.2, -0.15) is 0 Å². The zero-order chi connectivity index (χ0) is 12.8. The first-order chi connectivity index (χ1) is 8.13. The molecule has 0 saturated heterocycles. The summed E-state index contributed by atoms with van der Waals surface area (Å²) in [6.07, 6.45) is 1.41. The maximum Gasteiger partial charge on any atom is 0.341 e. The minimum Gasteiger partial charge on any atom is -0.503 e. The Morgan fingerprint density at radius 1 is 1.41 bits per heavy atom. The van der Waals surface area contributed by atoms with Crippen LogP contribution in [0.25, 0.3) is 5.57 Å². The Balaban J connectivity index is 3.27. The molecule has 0 fully saturated rings. The van der Waals surface area contributed by atoms with E-state index in [1.54, 1.807) is 0 Å². The van der Waals surface area contributed by atoms with Gasteiger partial charge in [-0.25, -0.2) is 4.79 Å². The number of ether oxygens (including phenoxy) is 2. The number of carbonyl (C=O) groups is 1. The Morgan fingerprint density at radius 2 is 2.12 bits per heavy atom. The molecular formula is C13H15BrO3. The van der Waals surface area contributed by atoms with Crippen LogP contribution in [-0.2, 0) is 19.6 Å². The minimum absolute atomic E-state index is 0.401. The SMILES string of the molecule is CO/C=C(/C(=O)OC)c1cc(CBr)ccc1C. The second kappa shape index (κ2) is 6.45. The molecule has 0 saturated carbocycles. The van der Waals surface area contributed by atoms with Crippen LogP contribution >= 0.6 is 15.9 Å². The number of carbonyl (C=O) groups excluding carboxylic acids is 1. The molecule has 0 spiro atoms. The number of hydrogen-bond acceptors (Lipinski definition) is 3. The Bertz CT molecular complexity index is 438. The first-order valence-electron chi connectivity index (χ1n) is 5.11. The number of methoxy groups -OCH3 is 2. The molecule has 1 aromatic rings. The van der Waals surface area contributed by atoms with Crippen LogP contribution in [0.1, 0.15) is 16.7 Å². The molecule has 0 heterocycles. The number of aryl methyl sites for hydroxylation is 1. The van der Waals surface area contributed by atoms with Gasteiger partial charge in [-0.05, 0) is 29.7 Å². The van der Waals surface area contributed by atoms with Gasteiger partial charge in [-0.1, -0.05) is 28.1 Å². The minimum atomic E-state index is -0.401. The topological polar surface area (TPSA) is 35.5 Å². The lowest BCUT2D eigenvalue weighted by atomic mass is 9.99. The van der Waals surface area contributed by atoms with Gasteiger partial charge >= 0.3 is 5.97 Å². The normalized spacial score (nSPS) is 11.2. The maximum absolute atomic E-state index is 11.7. The summed E-state index contributed by atoms with van der Waals surface area (Å²) in [5, 5.41) is 0.738. The van der Waals surface area contributed by atoms with E-state index in [4.69, 9.17) is 9.47 Å². The zero-order valence-electron chi connectivity index (χ0n) is 10.1. The van der Waals surface area contributed by atoms with Crippen molar-refractivity contribution in [1.82, 2.24) is 0 Å². The Morgan fingerprint density at radius 3 is 2.65 bits per heavy atom. The molecule has 92 valence electrons. The van der Waals surface area contributed by atoms with Crippen molar-refractivity contribution >= 4 is 27.5 Å². The first-order valence-corrected chi connectivity index (χ1v) is 6.23. The summed E-state index contributed by atoms with van der Waals surface area (Å²) in [7, 11) is 2.86. The number of benzene rings is 1. The molecule has 0 bridgehead atoms. The van der Waals surface area contributed by atoms with Crippen molar-refractivity contribution in [3.8, 4) is 0 Å². The number of alkyl halides is 1. The van der Waals surface area contributed by atoms with Crippen LogP contribution in [0, 0.1) is 6.92 Å². The standard InChI is InChI=1S/C13H15BrO3/c1-9-4-5-10(7-14)6-11(9)12(8-16-2)13(15)17-3/h4-6,8H,7H2,1-3H3/b12-8+. The van der Waals surface area contributed by atoms with Crippen molar-refractivity contribution in [3.63, 3.8) is 0 Å². The van der Waals surface area contributed by atoms with Crippen molar-refractivity contribution in [2.24, 2.45) is 0 Å². The molecule has 1 rings (SSSR count).